The number of benzene rings is 2. The maximum absolute atomic E-state index is 6.28. The van der Waals surface area contributed by atoms with Crippen LogP contribution in [0, 0.1) is 0 Å². The van der Waals surface area contributed by atoms with Gasteiger partial charge >= 0.3 is 0 Å². The molecule has 1 aliphatic heterocycles. The van der Waals surface area contributed by atoms with Crippen molar-refractivity contribution in [1.29, 1.82) is 0 Å². The van der Waals surface area contributed by atoms with E-state index in [4.69, 9.17) is 38.4 Å². The highest BCUT2D eigenvalue weighted by Gasteiger charge is 2.29. The van der Waals surface area contributed by atoms with Crippen LogP contribution < -0.4 is 15.2 Å². The summed E-state index contributed by atoms with van der Waals surface area (Å²) in [7, 11) is 1.63. The van der Waals surface area contributed by atoms with Crippen molar-refractivity contribution in [3.8, 4) is 11.5 Å². The second kappa shape index (κ2) is 5.76. The first kappa shape index (κ1) is 14.5. The van der Waals surface area contributed by atoms with Crippen molar-refractivity contribution in [3.63, 3.8) is 0 Å². The third-order valence-electron chi connectivity index (χ3n) is 3.68. The predicted molar refractivity (Wildman–Crippen MR) is 84.4 cm³/mol. The van der Waals surface area contributed by atoms with E-state index >= 15 is 0 Å². The van der Waals surface area contributed by atoms with E-state index in [1.807, 2.05) is 30.3 Å². The van der Waals surface area contributed by atoms with Gasteiger partial charge in [-0.05, 0) is 24.3 Å². The summed E-state index contributed by atoms with van der Waals surface area (Å²) in [5.74, 6) is 1.53. The van der Waals surface area contributed by atoms with Gasteiger partial charge in [0.1, 0.15) is 17.6 Å². The zero-order chi connectivity index (χ0) is 15.0. The first-order valence-electron chi connectivity index (χ1n) is 6.64. The molecule has 2 aromatic rings. The van der Waals surface area contributed by atoms with Crippen LogP contribution in [-0.4, -0.2) is 7.11 Å². The van der Waals surface area contributed by atoms with Gasteiger partial charge in [0.05, 0.1) is 17.2 Å². The minimum absolute atomic E-state index is 0.135. The molecule has 0 bridgehead atoms. The van der Waals surface area contributed by atoms with E-state index in [-0.39, 0.29) is 12.1 Å². The van der Waals surface area contributed by atoms with Crippen molar-refractivity contribution in [3.05, 3.63) is 57.6 Å². The van der Waals surface area contributed by atoms with E-state index in [2.05, 4.69) is 0 Å². The quantitative estimate of drug-likeness (QED) is 0.883. The summed E-state index contributed by atoms with van der Waals surface area (Å²) in [6, 6.07) is 11.0. The zero-order valence-electron chi connectivity index (χ0n) is 11.5. The molecule has 0 aliphatic carbocycles. The van der Waals surface area contributed by atoms with Crippen LogP contribution in [0.15, 0.2) is 36.4 Å². The van der Waals surface area contributed by atoms with Crippen molar-refractivity contribution >= 4 is 23.2 Å². The normalized spacial score (nSPS) is 20.6. The number of ether oxygens (including phenoxy) is 2. The summed E-state index contributed by atoms with van der Waals surface area (Å²) < 4.78 is 11.3. The molecule has 0 saturated heterocycles. The zero-order valence-corrected chi connectivity index (χ0v) is 13.0. The van der Waals surface area contributed by atoms with Gasteiger partial charge < -0.3 is 15.2 Å². The molecule has 0 spiro atoms. The average molecular weight is 324 g/mol. The lowest BCUT2D eigenvalue weighted by molar-refractivity contribution is 0.161. The average Bonchev–Trinajstić information content (AvgIpc) is 2.49. The molecular formula is C16H15Cl2NO2. The van der Waals surface area contributed by atoms with E-state index < -0.39 is 0 Å². The molecule has 2 N–H and O–H groups in total. The summed E-state index contributed by atoms with van der Waals surface area (Å²) in [5.41, 5.74) is 8.08. The molecule has 0 amide bonds. The van der Waals surface area contributed by atoms with Crippen molar-refractivity contribution < 1.29 is 9.47 Å². The molecule has 0 aromatic heterocycles. The second-order valence-electron chi connectivity index (χ2n) is 5.00. The standard InChI is InChI=1S/C16H15Cl2NO2/c1-20-9-5-6-14-11(7-9)13(19)8-15(21-14)10-3-2-4-12(17)16(10)18/h2-7,13,15H,8,19H2,1H3/t13-,15?/m1/s1. The minimum Gasteiger partial charge on any atom is -0.497 e. The maximum Gasteiger partial charge on any atom is 0.127 e. The molecule has 2 aromatic carbocycles. The van der Waals surface area contributed by atoms with E-state index in [1.165, 1.54) is 0 Å². The van der Waals surface area contributed by atoms with Crippen LogP contribution in [0.1, 0.15) is 29.7 Å². The fraction of sp³-hybridized carbons (Fsp3) is 0.250. The number of hydrogen-bond acceptors (Lipinski definition) is 3. The highest BCUT2D eigenvalue weighted by Crippen LogP contribution is 2.43. The fourth-order valence-electron chi connectivity index (χ4n) is 2.57. The Balaban J connectivity index is 1.97. The Morgan fingerprint density at radius 1 is 1.19 bits per heavy atom. The molecule has 1 heterocycles. The first-order valence-corrected chi connectivity index (χ1v) is 7.40. The van der Waals surface area contributed by atoms with Crippen LogP contribution in [0.5, 0.6) is 11.5 Å². The van der Waals surface area contributed by atoms with Gasteiger partial charge in [-0.15, -0.1) is 0 Å². The molecular weight excluding hydrogens is 309 g/mol. The Morgan fingerprint density at radius 3 is 2.76 bits per heavy atom. The molecule has 1 aliphatic rings. The molecule has 0 fully saturated rings. The topological polar surface area (TPSA) is 44.5 Å². The molecule has 110 valence electrons. The SMILES string of the molecule is COc1ccc2c(c1)[C@H](N)CC(c1cccc(Cl)c1Cl)O2. The lowest BCUT2D eigenvalue weighted by atomic mass is 9.93. The summed E-state index contributed by atoms with van der Waals surface area (Å²) in [5, 5.41) is 1.04. The summed E-state index contributed by atoms with van der Waals surface area (Å²) >= 11 is 12.4. The molecule has 21 heavy (non-hydrogen) atoms. The van der Waals surface area contributed by atoms with E-state index in [1.54, 1.807) is 13.2 Å². The maximum atomic E-state index is 6.28. The highest BCUT2D eigenvalue weighted by atomic mass is 35.5. The number of rotatable bonds is 2. The smallest absolute Gasteiger partial charge is 0.127 e. The molecule has 3 nitrogen and oxygen atoms in total. The van der Waals surface area contributed by atoms with Crippen LogP contribution in [0.4, 0.5) is 0 Å². The summed E-state index contributed by atoms with van der Waals surface area (Å²) in [6.07, 6.45) is 0.437. The van der Waals surface area contributed by atoms with Crippen LogP contribution in [-0.2, 0) is 0 Å². The van der Waals surface area contributed by atoms with Crippen molar-refractivity contribution in [2.75, 3.05) is 7.11 Å². The van der Waals surface area contributed by atoms with Crippen molar-refractivity contribution in [2.45, 2.75) is 18.6 Å². The molecule has 5 heteroatoms. The highest BCUT2D eigenvalue weighted by molar-refractivity contribution is 6.42. The van der Waals surface area contributed by atoms with Gasteiger partial charge in [-0.2, -0.15) is 0 Å². The number of hydrogen-bond donors (Lipinski definition) is 1. The van der Waals surface area contributed by atoms with Gasteiger partial charge in [0.15, 0.2) is 0 Å². The van der Waals surface area contributed by atoms with Gasteiger partial charge in [0, 0.05) is 23.6 Å². The third-order valence-corrected chi connectivity index (χ3v) is 4.52. The predicted octanol–water partition coefficient (Wildman–Crippen LogP) is 4.53. The van der Waals surface area contributed by atoms with Crippen LogP contribution in [0.2, 0.25) is 10.0 Å². The molecule has 1 unspecified atom stereocenters. The number of methoxy groups -OCH3 is 1. The molecule has 0 radical (unpaired) electrons. The van der Waals surface area contributed by atoms with Gasteiger partial charge in [0.2, 0.25) is 0 Å². The summed E-state index contributed by atoms with van der Waals surface area (Å²) in [6.45, 7) is 0. The van der Waals surface area contributed by atoms with Crippen molar-refractivity contribution in [1.82, 2.24) is 0 Å². The number of halogens is 2. The Bertz CT molecular complexity index is 675. The third kappa shape index (κ3) is 2.69. The monoisotopic (exact) mass is 323 g/mol. The molecule has 2 atom stereocenters. The number of fused-ring (bicyclic) bond motifs is 1. The number of nitrogens with two attached hydrogens (primary N) is 1. The largest absolute Gasteiger partial charge is 0.497 e. The van der Waals surface area contributed by atoms with Gasteiger partial charge in [-0.25, -0.2) is 0 Å². The van der Waals surface area contributed by atoms with Crippen LogP contribution in [0.3, 0.4) is 0 Å². The van der Waals surface area contributed by atoms with E-state index in [0.717, 1.165) is 22.6 Å². The second-order valence-corrected chi connectivity index (χ2v) is 5.78. The minimum atomic E-state index is -0.202. The van der Waals surface area contributed by atoms with Crippen LogP contribution >= 0.6 is 23.2 Å². The molecule has 3 rings (SSSR count). The fourth-order valence-corrected chi connectivity index (χ4v) is 3.00. The molecule has 0 saturated carbocycles. The Labute approximate surface area is 133 Å². The Morgan fingerprint density at radius 2 is 2.00 bits per heavy atom. The van der Waals surface area contributed by atoms with Gasteiger partial charge in [-0.1, -0.05) is 35.3 Å². The Hall–Kier alpha value is -1.42. The van der Waals surface area contributed by atoms with Gasteiger partial charge in [-0.3, -0.25) is 0 Å². The lowest BCUT2D eigenvalue weighted by Crippen LogP contribution is -2.24. The summed E-state index contributed by atoms with van der Waals surface area (Å²) in [4.78, 5) is 0. The van der Waals surface area contributed by atoms with Gasteiger partial charge in [0.25, 0.3) is 0 Å². The van der Waals surface area contributed by atoms with Crippen LogP contribution in [0.25, 0.3) is 0 Å². The Kier molecular flexibility index (Phi) is 3.98. The van der Waals surface area contributed by atoms with Crippen molar-refractivity contribution in [2.24, 2.45) is 5.73 Å². The first-order chi connectivity index (χ1) is 10.1. The van der Waals surface area contributed by atoms with E-state index in [0.29, 0.717) is 16.5 Å². The lowest BCUT2D eigenvalue weighted by Gasteiger charge is -2.31. The van der Waals surface area contributed by atoms with E-state index in [9.17, 15) is 0 Å².